The predicted molar refractivity (Wildman–Crippen MR) is 82.1 cm³/mol. The minimum absolute atomic E-state index is 0.0644. The highest BCUT2D eigenvalue weighted by atomic mass is 16.5. The van der Waals surface area contributed by atoms with Gasteiger partial charge in [0.25, 0.3) is 5.91 Å². The van der Waals surface area contributed by atoms with Gasteiger partial charge in [-0.25, -0.2) is 0 Å². The SMILES string of the molecule is CCCOc1ccc(C(=O)NCCCO)cc1OCCC. The van der Waals surface area contributed by atoms with Gasteiger partial charge in [0.1, 0.15) is 0 Å². The molecule has 0 bridgehead atoms. The summed E-state index contributed by atoms with van der Waals surface area (Å²) in [4.78, 5) is 12.0. The molecule has 0 aliphatic heterocycles. The molecule has 0 unspecified atom stereocenters. The number of hydrogen-bond acceptors (Lipinski definition) is 4. The molecule has 0 fully saturated rings. The van der Waals surface area contributed by atoms with Crippen molar-refractivity contribution in [3.63, 3.8) is 0 Å². The van der Waals surface area contributed by atoms with Gasteiger partial charge in [0.2, 0.25) is 0 Å². The van der Waals surface area contributed by atoms with Crippen LogP contribution in [0.4, 0.5) is 0 Å². The van der Waals surface area contributed by atoms with E-state index in [-0.39, 0.29) is 12.5 Å². The maximum Gasteiger partial charge on any atom is 0.251 e. The van der Waals surface area contributed by atoms with Crippen LogP contribution in [0.3, 0.4) is 0 Å². The molecule has 2 N–H and O–H groups in total. The molecule has 1 aromatic rings. The highest BCUT2D eigenvalue weighted by molar-refractivity contribution is 5.94. The quantitative estimate of drug-likeness (QED) is 0.650. The first-order chi connectivity index (χ1) is 10.2. The molecule has 5 heteroatoms. The zero-order chi connectivity index (χ0) is 15.5. The number of nitrogens with one attached hydrogen (secondary N) is 1. The van der Waals surface area contributed by atoms with Crippen molar-refractivity contribution in [3.05, 3.63) is 23.8 Å². The van der Waals surface area contributed by atoms with Gasteiger partial charge in [0.15, 0.2) is 11.5 Å². The molecule has 0 saturated heterocycles. The summed E-state index contributed by atoms with van der Waals surface area (Å²) in [6.45, 7) is 5.78. The van der Waals surface area contributed by atoms with Crippen molar-refractivity contribution in [1.29, 1.82) is 0 Å². The summed E-state index contributed by atoms with van der Waals surface area (Å²) >= 11 is 0. The third kappa shape index (κ3) is 6.04. The summed E-state index contributed by atoms with van der Waals surface area (Å²) in [5, 5.41) is 11.5. The normalized spacial score (nSPS) is 10.2. The first-order valence-electron chi connectivity index (χ1n) is 7.51. The van der Waals surface area contributed by atoms with E-state index in [1.165, 1.54) is 0 Å². The van der Waals surface area contributed by atoms with Crippen molar-refractivity contribution >= 4 is 5.91 Å². The van der Waals surface area contributed by atoms with Gasteiger partial charge < -0.3 is 19.9 Å². The molecule has 0 heterocycles. The fraction of sp³-hybridized carbons (Fsp3) is 0.562. The molecular formula is C16H25NO4. The van der Waals surface area contributed by atoms with E-state index in [1.54, 1.807) is 18.2 Å². The number of carbonyl (C=O) groups excluding carboxylic acids is 1. The lowest BCUT2D eigenvalue weighted by molar-refractivity contribution is 0.0950. The molecule has 5 nitrogen and oxygen atoms in total. The van der Waals surface area contributed by atoms with E-state index in [0.717, 1.165) is 12.8 Å². The van der Waals surface area contributed by atoms with E-state index in [4.69, 9.17) is 14.6 Å². The van der Waals surface area contributed by atoms with Crippen LogP contribution < -0.4 is 14.8 Å². The second kappa shape index (κ2) is 10.0. The van der Waals surface area contributed by atoms with Crippen molar-refractivity contribution in [3.8, 4) is 11.5 Å². The topological polar surface area (TPSA) is 67.8 Å². The molecule has 0 aliphatic rings. The number of hydrogen-bond donors (Lipinski definition) is 2. The highest BCUT2D eigenvalue weighted by Gasteiger charge is 2.11. The van der Waals surface area contributed by atoms with Crippen molar-refractivity contribution in [1.82, 2.24) is 5.32 Å². The molecule has 1 amide bonds. The van der Waals surface area contributed by atoms with Gasteiger partial charge in [-0.1, -0.05) is 13.8 Å². The molecule has 0 aliphatic carbocycles. The lowest BCUT2D eigenvalue weighted by atomic mass is 10.2. The van der Waals surface area contributed by atoms with Crippen LogP contribution in [0, 0.1) is 0 Å². The smallest absolute Gasteiger partial charge is 0.251 e. The van der Waals surface area contributed by atoms with Gasteiger partial charge in [-0.3, -0.25) is 4.79 Å². The Labute approximate surface area is 126 Å². The first-order valence-corrected chi connectivity index (χ1v) is 7.51. The summed E-state index contributed by atoms with van der Waals surface area (Å²) in [6.07, 6.45) is 2.35. The Morgan fingerprint density at radius 2 is 1.81 bits per heavy atom. The highest BCUT2D eigenvalue weighted by Crippen LogP contribution is 2.28. The number of aliphatic hydroxyl groups excluding tert-OH is 1. The van der Waals surface area contributed by atoms with E-state index in [2.05, 4.69) is 5.32 Å². The number of rotatable bonds is 10. The van der Waals surface area contributed by atoms with Crippen LogP contribution in [0.15, 0.2) is 18.2 Å². The Hall–Kier alpha value is -1.75. The van der Waals surface area contributed by atoms with Crippen LogP contribution in [0.5, 0.6) is 11.5 Å². The molecule has 0 aromatic heterocycles. The molecular weight excluding hydrogens is 270 g/mol. The van der Waals surface area contributed by atoms with Crippen molar-refractivity contribution in [2.24, 2.45) is 0 Å². The Balaban J connectivity index is 2.78. The number of benzene rings is 1. The van der Waals surface area contributed by atoms with E-state index in [1.807, 2.05) is 13.8 Å². The fourth-order valence-electron chi connectivity index (χ4n) is 1.69. The second-order valence-corrected chi connectivity index (χ2v) is 4.69. The lowest BCUT2D eigenvalue weighted by Gasteiger charge is -2.13. The summed E-state index contributed by atoms with van der Waals surface area (Å²) in [5.41, 5.74) is 0.530. The Morgan fingerprint density at radius 3 is 2.43 bits per heavy atom. The monoisotopic (exact) mass is 295 g/mol. The van der Waals surface area contributed by atoms with E-state index in [9.17, 15) is 4.79 Å². The maximum absolute atomic E-state index is 12.0. The Kier molecular flexibility index (Phi) is 8.28. The third-order valence-electron chi connectivity index (χ3n) is 2.75. The summed E-state index contributed by atoms with van der Waals surface area (Å²) in [7, 11) is 0. The van der Waals surface area contributed by atoms with Gasteiger partial charge in [0.05, 0.1) is 13.2 Å². The Morgan fingerprint density at radius 1 is 1.14 bits per heavy atom. The zero-order valence-electron chi connectivity index (χ0n) is 12.9. The average Bonchev–Trinajstić information content (AvgIpc) is 2.51. The minimum atomic E-state index is -0.174. The van der Waals surface area contributed by atoms with E-state index < -0.39 is 0 Å². The summed E-state index contributed by atoms with van der Waals surface area (Å²) in [6, 6.07) is 5.19. The van der Waals surface area contributed by atoms with Gasteiger partial charge in [-0.15, -0.1) is 0 Å². The van der Waals surface area contributed by atoms with Crippen molar-refractivity contribution in [2.75, 3.05) is 26.4 Å². The molecule has 118 valence electrons. The summed E-state index contributed by atoms with van der Waals surface area (Å²) in [5.74, 6) is 1.09. The maximum atomic E-state index is 12.0. The summed E-state index contributed by atoms with van der Waals surface area (Å²) < 4.78 is 11.3. The number of aliphatic hydroxyl groups is 1. The Bertz CT molecular complexity index is 434. The van der Waals surface area contributed by atoms with Gasteiger partial charge in [-0.2, -0.15) is 0 Å². The van der Waals surface area contributed by atoms with Crippen LogP contribution in [-0.2, 0) is 0 Å². The van der Waals surface area contributed by atoms with Crippen molar-refractivity contribution < 1.29 is 19.4 Å². The van der Waals surface area contributed by atoms with Gasteiger partial charge >= 0.3 is 0 Å². The zero-order valence-corrected chi connectivity index (χ0v) is 12.9. The predicted octanol–water partition coefficient (Wildman–Crippen LogP) is 2.38. The van der Waals surface area contributed by atoms with Crippen LogP contribution in [0.1, 0.15) is 43.5 Å². The van der Waals surface area contributed by atoms with Gasteiger partial charge in [0, 0.05) is 18.7 Å². The standard InChI is InChI=1S/C16H25NO4/c1-3-10-20-14-7-6-13(12-15(14)21-11-4-2)16(19)17-8-5-9-18/h6-7,12,18H,3-5,8-11H2,1-2H3,(H,17,19). The number of amides is 1. The van der Waals surface area contributed by atoms with Crippen LogP contribution >= 0.6 is 0 Å². The molecule has 0 saturated carbocycles. The minimum Gasteiger partial charge on any atom is -0.490 e. The molecule has 0 radical (unpaired) electrons. The van der Waals surface area contributed by atoms with Crippen molar-refractivity contribution in [2.45, 2.75) is 33.1 Å². The fourth-order valence-corrected chi connectivity index (χ4v) is 1.69. The lowest BCUT2D eigenvalue weighted by Crippen LogP contribution is -2.25. The molecule has 21 heavy (non-hydrogen) atoms. The second-order valence-electron chi connectivity index (χ2n) is 4.69. The first kappa shape index (κ1) is 17.3. The van der Waals surface area contributed by atoms with Crippen LogP contribution in [0.2, 0.25) is 0 Å². The molecule has 0 spiro atoms. The molecule has 0 atom stereocenters. The molecule has 1 aromatic carbocycles. The van der Waals surface area contributed by atoms with E-state index in [0.29, 0.717) is 43.2 Å². The largest absolute Gasteiger partial charge is 0.490 e. The third-order valence-corrected chi connectivity index (χ3v) is 2.75. The van der Waals surface area contributed by atoms with E-state index >= 15 is 0 Å². The van der Waals surface area contributed by atoms with Crippen LogP contribution in [0.25, 0.3) is 0 Å². The number of ether oxygens (including phenoxy) is 2. The van der Waals surface area contributed by atoms with Gasteiger partial charge in [-0.05, 0) is 37.5 Å². The average molecular weight is 295 g/mol. The number of carbonyl (C=O) groups is 1. The molecule has 1 rings (SSSR count). The van der Waals surface area contributed by atoms with Crippen LogP contribution in [-0.4, -0.2) is 37.4 Å².